The molecule has 2 unspecified atom stereocenters. The molecule has 3 heterocycles. The zero-order valence-electron chi connectivity index (χ0n) is 14.8. The number of carbonyl (C=O) groups excluding carboxylic acids is 1. The number of hydrogen-bond acceptors (Lipinski definition) is 6. The van der Waals surface area contributed by atoms with Crippen LogP contribution in [0, 0.1) is 0 Å². The summed E-state index contributed by atoms with van der Waals surface area (Å²) < 4.78 is 29.7. The van der Waals surface area contributed by atoms with Crippen LogP contribution in [-0.4, -0.2) is 72.5 Å². The maximum absolute atomic E-state index is 13.0. The first-order chi connectivity index (χ1) is 12.5. The molecule has 4 rings (SSSR count). The summed E-state index contributed by atoms with van der Waals surface area (Å²) >= 11 is 0. The molecule has 0 bridgehead atoms. The van der Waals surface area contributed by atoms with Crippen molar-refractivity contribution in [3.05, 3.63) is 30.0 Å². The van der Waals surface area contributed by atoms with Crippen molar-refractivity contribution in [3.8, 4) is 0 Å². The van der Waals surface area contributed by atoms with E-state index < -0.39 is 9.84 Å². The van der Waals surface area contributed by atoms with Crippen molar-refractivity contribution in [3.63, 3.8) is 0 Å². The average molecular weight is 377 g/mol. The van der Waals surface area contributed by atoms with Gasteiger partial charge < -0.3 is 9.42 Å². The van der Waals surface area contributed by atoms with Gasteiger partial charge in [0.2, 0.25) is 5.91 Å². The zero-order chi connectivity index (χ0) is 18.3. The average Bonchev–Trinajstić information content (AvgIpc) is 3.15. The second-order valence-electron chi connectivity index (χ2n) is 7.14. The van der Waals surface area contributed by atoms with Crippen LogP contribution in [0.5, 0.6) is 0 Å². The van der Waals surface area contributed by atoms with Gasteiger partial charge in [-0.25, -0.2) is 8.42 Å². The topological polar surface area (TPSA) is 83.7 Å². The van der Waals surface area contributed by atoms with E-state index in [4.69, 9.17) is 4.52 Å². The van der Waals surface area contributed by atoms with Crippen LogP contribution in [0.4, 0.5) is 0 Å². The molecule has 26 heavy (non-hydrogen) atoms. The molecular weight excluding hydrogens is 354 g/mol. The monoisotopic (exact) mass is 377 g/mol. The molecule has 0 aliphatic carbocycles. The zero-order valence-corrected chi connectivity index (χ0v) is 15.6. The Morgan fingerprint density at radius 2 is 2.00 bits per heavy atom. The summed E-state index contributed by atoms with van der Waals surface area (Å²) in [5, 5.41) is 4.87. The minimum absolute atomic E-state index is 0.0587. The van der Waals surface area contributed by atoms with Crippen molar-refractivity contribution in [1.82, 2.24) is 15.0 Å². The number of amides is 1. The van der Waals surface area contributed by atoms with Gasteiger partial charge in [-0.2, -0.15) is 0 Å². The van der Waals surface area contributed by atoms with Gasteiger partial charge in [-0.1, -0.05) is 24.2 Å². The quantitative estimate of drug-likeness (QED) is 0.793. The lowest BCUT2D eigenvalue weighted by molar-refractivity contribution is -0.136. The Labute approximate surface area is 152 Å². The second kappa shape index (κ2) is 6.66. The summed E-state index contributed by atoms with van der Waals surface area (Å²) in [5.41, 5.74) is 1.27. The fraction of sp³-hybridized carbons (Fsp3) is 0.556. The molecule has 1 aromatic heterocycles. The highest BCUT2D eigenvalue weighted by Crippen LogP contribution is 2.28. The Morgan fingerprint density at radius 3 is 2.81 bits per heavy atom. The molecule has 2 saturated heterocycles. The van der Waals surface area contributed by atoms with Crippen LogP contribution in [0.1, 0.15) is 19.0 Å². The number of sulfone groups is 1. The van der Waals surface area contributed by atoms with Crippen molar-refractivity contribution >= 4 is 26.7 Å². The number of benzene rings is 1. The minimum Gasteiger partial charge on any atom is -0.356 e. The van der Waals surface area contributed by atoms with E-state index in [9.17, 15) is 13.2 Å². The fourth-order valence-corrected chi connectivity index (χ4v) is 6.22. The number of para-hydroxylation sites is 1. The van der Waals surface area contributed by atoms with Crippen LogP contribution >= 0.6 is 0 Å². The van der Waals surface area contributed by atoms with Gasteiger partial charge in [-0.05, 0) is 25.1 Å². The molecule has 1 aromatic carbocycles. The molecule has 2 atom stereocenters. The summed E-state index contributed by atoms with van der Waals surface area (Å²) in [6.45, 7) is 4.24. The van der Waals surface area contributed by atoms with Gasteiger partial charge in [0.25, 0.3) is 0 Å². The maximum Gasteiger partial charge on any atom is 0.229 e. The third kappa shape index (κ3) is 3.12. The number of aromatic nitrogens is 1. The molecule has 2 fully saturated rings. The summed E-state index contributed by atoms with van der Waals surface area (Å²) in [6, 6.07) is 7.10. The summed E-state index contributed by atoms with van der Waals surface area (Å²) in [6.07, 6.45) is 1.11. The molecular formula is C18H23N3O4S. The predicted molar refractivity (Wildman–Crippen MR) is 97.5 cm³/mol. The van der Waals surface area contributed by atoms with Gasteiger partial charge in [0.05, 0.1) is 24.0 Å². The summed E-state index contributed by atoms with van der Waals surface area (Å²) in [5.74, 6) is 0.129. The van der Waals surface area contributed by atoms with E-state index in [0.717, 1.165) is 24.9 Å². The molecule has 0 radical (unpaired) electrons. The molecule has 1 amide bonds. The van der Waals surface area contributed by atoms with Crippen LogP contribution in [0.15, 0.2) is 28.8 Å². The van der Waals surface area contributed by atoms with Gasteiger partial charge in [-0.15, -0.1) is 0 Å². The number of fused-ring (bicyclic) bond motifs is 2. The van der Waals surface area contributed by atoms with Gasteiger partial charge >= 0.3 is 0 Å². The van der Waals surface area contributed by atoms with Crippen molar-refractivity contribution in [2.24, 2.45) is 0 Å². The molecule has 0 saturated carbocycles. The molecule has 2 aliphatic heterocycles. The molecule has 0 N–H and O–H groups in total. The SMILES string of the molecule is CCCN1CCN(C(=O)Cc2noc3ccccc23)C2CS(=O)(=O)CC21. The number of piperazine rings is 1. The van der Waals surface area contributed by atoms with Gasteiger partial charge in [0, 0.05) is 24.5 Å². The van der Waals surface area contributed by atoms with Crippen molar-refractivity contribution in [2.75, 3.05) is 31.1 Å². The second-order valence-corrected chi connectivity index (χ2v) is 9.29. The molecule has 0 spiro atoms. The highest BCUT2D eigenvalue weighted by molar-refractivity contribution is 7.91. The fourth-order valence-electron chi connectivity index (χ4n) is 4.21. The summed E-state index contributed by atoms with van der Waals surface area (Å²) in [7, 11) is -3.11. The van der Waals surface area contributed by atoms with E-state index >= 15 is 0 Å². The van der Waals surface area contributed by atoms with E-state index in [1.165, 1.54) is 0 Å². The minimum atomic E-state index is -3.11. The lowest BCUT2D eigenvalue weighted by atomic mass is 10.0. The molecule has 8 heteroatoms. The van der Waals surface area contributed by atoms with Crippen LogP contribution in [-0.2, 0) is 21.1 Å². The smallest absolute Gasteiger partial charge is 0.229 e. The Bertz CT molecular complexity index is 923. The lowest BCUT2D eigenvalue weighted by Gasteiger charge is -2.43. The number of rotatable bonds is 4. The van der Waals surface area contributed by atoms with E-state index in [2.05, 4.69) is 17.0 Å². The number of hydrogen-bond donors (Lipinski definition) is 0. The Morgan fingerprint density at radius 1 is 1.23 bits per heavy atom. The molecule has 140 valence electrons. The first-order valence-electron chi connectivity index (χ1n) is 9.06. The van der Waals surface area contributed by atoms with Crippen molar-refractivity contribution in [2.45, 2.75) is 31.8 Å². The molecule has 7 nitrogen and oxygen atoms in total. The normalized spacial score (nSPS) is 25.5. The third-order valence-corrected chi connectivity index (χ3v) is 7.09. The third-order valence-electron chi connectivity index (χ3n) is 5.39. The highest BCUT2D eigenvalue weighted by atomic mass is 32.2. The van der Waals surface area contributed by atoms with Gasteiger partial charge in [0.1, 0.15) is 5.69 Å². The van der Waals surface area contributed by atoms with Crippen molar-refractivity contribution in [1.29, 1.82) is 0 Å². The van der Waals surface area contributed by atoms with Crippen LogP contribution < -0.4 is 0 Å². The van der Waals surface area contributed by atoms with Gasteiger partial charge in [-0.3, -0.25) is 9.69 Å². The Balaban J connectivity index is 1.56. The maximum atomic E-state index is 13.0. The van der Waals surface area contributed by atoms with Gasteiger partial charge in [0.15, 0.2) is 15.4 Å². The van der Waals surface area contributed by atoms with E-state index in [-0.39, 0.29) is 35.9 Å². The van der Waals surface area contributed by atoms with E-state index in [1.54, 1.807) is 4.90 Å². The first-order valence-corrected chi connectivity index (χ1v) is 10.9. The predicted octanol–water partition coefficient (Wildman–Crippen LogP) is 1.09. The lowest BCUT2D eigenvalue weighted by Crippen LogP contribution is -2.60. The molecule has 2 aromatic rings. The largest absolute Gasteiger partial charge is 0.356 e. The first kappa shape index (κ1) is 17.5. The van der Waals surface area contributed by atoms with Crippen LogP contribution in [0.25, 0.3) is 11.0 Å². The molecule has 2 aliphatic rings. The Hall–Kier alpha value is -1.93. The van der Waals surface area contributed by atoms with E-state index in [1.807, 2.05) is 24.3 Å². The summed E-state index contributed by atoms with van der Waals surface area (Å²) in [4.78, 5) is 16.9. The van der Waals surface area contributed by atoms with Crippen LogP contribution in [0.2, 0.25) is 0 Å². The van der Waals surface area contributed by atoms with E-state index in [0.29, 0.717) is 17.8 Å². The Kier molecular flexibility index (Phi) is 4.48. The van der Waals surface area contributed by atoms with Crippen LogP contribution in [0.3, 0.4) is 0 Å². The number of carbonyl (C=O) groups is 1. The standard InChI is InChI=1S/C18H23N3O4S/c1-2-7-20-8-9-21(16-12-26(23,24)11-15(16)20)18(22)10-14-13-5-3-4-6-17(13)25-19-14/h3-6,15-16H,2,7-12H2,1H3. The number of nitrogens with zero attached hydrogens (tertiary/aromatic N) is 3. The van der Waals surface area contributed by atoms with Crippen molar-refractivity contribution < 1.29 is 17.7 Å². The highest BCUT2D eigenvalue weighted by Gasteiger charge is 2.47.